The monoisotopic (exact) mass is 282 g/mol. The highest BCUT2D eigenvalue weighted by atomic mass is 19.1. The van der Waals surface area contributed by atoms with Crippen LogP contribution in [0.15, 0.2) is 18.2 Å². The fraction of sp³-hybridized carbons (Fsp3) is 0.533. The smallest absolute Gasteiger partial charge is 0.257 e. The Kier molecular flexibility index (Phi) is 7.65. The third kappa shape index (κ3) is 5.57. The van der Waals surface area contributed by atoms with Crippen LogP contribution in [0.4, 0.5) is 4.39 Å². The van der Waals surface area contributed by atoms with Crippen molar-refractivity contribution >= 4 is 5.91 Å². The SMILES string of the molecule is CCCCNC(=O)COc1c(F)cccc1CNCC. The number of rotatable bonds is 9. The van der Waals surface area contributed by atoms with Crippen LogP contribution in [-0.4, -0.2) is 25.6 Å². The molecule has 112 valence electrons. The molecule has 0 heterocycles. The van der Waals surface area contributed by atoms with E-state index >= 15 is 0 Å². The van der Waals surface area contributed by atoms with Crippen molar-refractivity contribution in [1.82, 2.24) is 10.6 Å². The summed E-state index contributed by atoms with van der Waals surface area (Å²) in [5.41, 5.74) is 0.716. The first-order chi connectivity index (χ1) is 9.69. The number of carbonyl (C=O) groups is 1. The summed E-state index contributed by atoms with van der Waals surface area (Å²) in [6.45, 7) is 5.79. The molecule has 0 aromatic heterocycles. The van der Waals surface area contributed by atoms with Crippen molar-refractivity contribution in [2.45, 2.75) is 33.2 Å². The molecule has 5 heteroatoms. The number of unbranched alkanes of at least 4 members (excludes halogenated alkanes) is 1. The van der Waals surface area contributed by atoms with Gasteiger partial charge in [0, 0.05) is 18.7 Å². The second-order valence-electron chi connectivity index (χ2n) is 4.50. The summed E-state index contributed by atoms with van der Waals surface area (Å²) in [5, 5.41) is 5.85. The number of hydrogen-bond acceptors (Lipinski definition) is 3. The van der Waals surface area contributed by atoms with Gasteiger partial charge in [-0.25, -0.2) is 4.39 Å². The van der Waals surface area contributed by atoms with Gasteiger partial charge >= 0.3 is 0 Å². The molecule has 0 atom stereocenters. The standard InChI is InChI=1S/C15H23FN2O2/c1-3-5-9-18-14(19)11-20-15-12(10-17-4-2)7-6-8-13(15)16/h6-8,17H,3-5,9-11H2,1-2H3,(H,18,19). The molecule has 0 saturated carbocycles. The van der Waals surface area contributed by atoms with Crippen molar-refractivity contribution < 1.29 is 13.9 Å². The van der Waals surface area contributed by atoms with E-state index in [0.717, 1.165) is 19.4 Å². The van der Waals surface area contributed by atoms with E-state index in [2.05, 4.69) is 17.6 Å². The molecule has 1 aromatic rings. The molecule has 1 rings (SSSR count). The average molecular weight is 282 g/mol. The predicted molar refractivity (Wildman–Crippen MR) is 77.2 cm³/mol. The van der Waals surface area contributed by atoms with Gasteiger partial charge in [-0.15, -0.1) is 0 Å². The normalized spacial score (nSPS) is 10.3. The minimum atomic E-state index is -0.443. The predicted octanol–water partition coefficient (Wildman–Crippen LogP) is 2.23. The first kappa shape index (κ1) is 16.4. The second kappa shape index (κ2) is 9.31. The molecule has 0 saturated heterocycles. The molecule has 0 bridgehead atoms. The number of para-hydroxylation sites is 1. The average Bonchev–Trinajstić information content (AvgIpc) is 2.44. The van der Waals surface area contributed by atoms with Crippen LogP contribution in [0.5, 0.6) is 5.75 Å². The lowest BCUT2D eigenvalue weighted by Crippen LogP contribution is -2.30. The lowest BCUT2D eigenvalue weighted by atomic mass is 10.2. The van der Waals surface area contributed by atoms with E-state index in [1.807, 2.05) is 6.92 Å². The maximum absolute atomic E-state index is 13.7. The number of ether oxygens (including phenoxy) is 1. The minimum absolute atomic E-state index is 0.152. The molecular formula is C15H23FN2O2. The van der Waals surface area contributed by atoms with Gasteiger partial charge < -0.3 is 15.4 Å². The molecule has 2 N–H and O–H groups in total. The highest BCUT2D eigenvalue weighted by molar-refractivity contribution is 5.77. The summed E-state index contributed by atoms with van der Waals surface area (Å²) in [4.78, 5) is 11.6. The molecule has 20 heavy (non-hydrogen) atoms. The highest BCUT2D eigenvalue weighted by Gasteiger charge is 2.11. The van der Waals surface area contributed by atoms with Gasteiger partial charge in [-0.3, -0.25) is 4.79 Å². The van der Waals surface area contributed by atoms with Gasteiger partial charge in [0.25, 0.3) is 5.91 Å². The fourth-order valence-electron chi connectivity index (χ4n) is 1.71. The largest absolute Gasteiger partial charge is 0.480 e. The summed E-state index contributed by atoms with van der Waals surface area (Å²) in [5.74, 6) is -0.517. The van der Waals surface area contributed by atoms with Gasteiger partial charge in [0.15, 0.2) is 18.2 Å². The number of carbonyl (C=O) groups excluding carboxylic acids is 1. The second-order valence-corrected chi connectivity index (χ2v) is 4.50. The number of nitrogens with one attached hydrogen (secondary N) is 2. The van der Waals surface area contributed by atoms with Crippen LogP contribution in [0.2, 0.25) is 0 Å². The maximum atomic E-state index is 13.7. The minimum Gasteiger partial charge on any atom is -0.480 e. The van der Waals surface area contributed by atoms with Gasteiger partial charge in [0.1, 0.15) is 0 Å². The Labute approximate surface area is 119 Å². The maximum Gasteiger partial charge on any atom is 0.257 e. The van der Waals surface area contributed by atoms with Gasteiger partial charge in [-0.2, -0.15) is 0 Å². The molecule has 4 nitrogen and oxygen atoms in total. The van der Waals surface area contributed by atoms with E-state index < -0.39 is 5.82 Å². The van der Waals surface area contributed by atoms with Gasteiger partial charge in [-0.1, -0.05) is 32.4 Å². The Hall–Kier alpha value is -1.62. The third-order valence-electron chi connectivity index (χ3n) is 2.81. The molecule has 0 aliphatic heterocycles. The molecule has 1 aromatic carbocycles. The number of halogens is 1. The van der Waals surface area contributed by atoms with E-state index in [9.17, 15) is 9.18 Å². The van der Waals surface area contributed by atoms with Crippen LogP contribution in [0.3, 0.4) is 0 Å². The van der Waals surface area contributed by atoms with Crippen LogP contribution in [0, 0.1) is 5.82 Å². The van der Waals surface area contributed by atoms with E-state index in [0.29, 0.717) is 18.7 Å². The molecule has 0 radical (unpaired) electrons. The van der Waals surface area contributed by atoms with Crippen molar-refractivity contribution in [1.29, 1.82) is 0 Å². The summed E-state index contributed by atoms with van der Waals surface area (Å²) < 4.78 is 19.1. The summed E-state index contributed by atoms with van der Waals surface area (Å²) in [7, 11) is 0. The first-order valence-electron chi connectivity index (χ1n) is 7.06. The van der Waals surface area contributed by atoms with Crippen LogP contribution in [0.25, 0.3) is 0 Å². The fourth-order valence-corrected chi connectivity index (χ4v) is 1.71. The van der Waals surface area contributed by atoms with Crippen LogP contribution < -0.4 is 15.4 Å². The molecular weight excluding hydrogens is 259 g/mol. The molecule has 0 spiro atoms. The van der Waals surface area contributed by atoms with Gasteiger partial charge in [0.2, 0.25) is 0 Å². The topological polar surface area (TPSA) is 50.4 Å². The Morgan fingerprint density at radius 1 is 1.35 bits per heavy atom. The van der Waals surface area contributed by atoms with E-state index in [1.165, 1.54) is 6.07 Å². The van der Waals surface area contributed by atoms with Crippen molar-refractivity contribution in [3.63, 3.8) is 0 Å². The first-order valence-corrected chi connectivity index (χ1v) is 7.06. The Morgan fingerprint density at radius 3 is 2.85 bits per heavy atom. The number of benzene rings is 1. The zero-order valence-electron chi connectivity index (χ0n) is 12.2. The van der Waals surface area contributed by atoms with E-state index in [4.69, 9.17) is 4.74 Å². The Bertz CT molecular complexity index is 424. The summed E-state index contributed by atoms with van der Waals surface area (Å²) in [6.07, 6.45) is 1.94. The molecule has 0 aliphatic carbocycles. The van der Waals surface area contributed by atoms with Crippen LogP contribution in [0.1, 0.15) is 32.3 Å². The third-order valence-corrected chi connectivity index (χ3v) is 2.81. The quantitative estimate of drug-likeness (QED) is 0.683. The molecule has 0 unspecified atom stereocenters. The molecule has 0 fully saturated rings. The zero-order valence-corrected chi connectivity index (χ0v) is 12.2. The lowest BCUT2D eigenvalue weighted by molar-refractivity contribution is -0.123. The van der Waals surface area contributed by atoms with Crippen LogP contribution in [-0.2, 0) is 11.3 Å². The zero-order chi connectivity index (χ0) is 14.8. The highest BCUT2D eigenvalue weighted by Crippen LogP contribution is 2.22. The Balaban J connectivity index is 2.55. The van der Waals surface area contributed by atoms with Crippen molar-refractivity contribution in [2.75, 3.05) is 19.7 Å². The molecule has 0 aliphatic rings. The van der Waals surface area contributed by atoms with Crippen molar-refractivity contribution in [3.8, 4) is 5.75 Å². The van der Waals surface area contributed by atoms with Gasteiger partial charge in [-0.05, 0) is 19.0 Å². The Morgan fingerprint density at radius 2 is 2.15 bits per heavy atom. The van der Waals surface area contributed by atoms with E-state index in [1.54, 1.807) is 12.1 Å². The summed E-state index contributed by atoms with van der Waals surface area (Å²) in [6, 6.07) is 4.76. The molecule has 1 amide bonds. The van der Waals surface area contributed by atoms with Crippen LogP contribution >= 0.6 is 0 Å². The summed E-state index contributed by atoms with van der Waals surface area (Å²) >= 11 is 0. The van der Waals surface area contributed by atoms with E-state index in [-0.39, 0.29) is 18.3 Å². The number of amides is 1. The number of hydrogen-bond donors (Lipinski definition) is 2. The van der Waals surface area contributed by atoms with Gasteiger partial charge in [0.05, 0.1) is 0 Å². The van der Waals surface area contributed by atoms with Crippen molar-refractivity contribution in [3.05, 3.63) is 29.6 Å². The lowest BCUT2D eigenvalue weighted by Gasteiger charge is -2.12. The van der Waals surface area contributed by atoms with Crippen molar-refractivity contribution in [2.24, 2.45) is 0 Å².